The fourth-order valence-corrected chi connectivity index (χ4v) is 9.17. The standard InChI is InChI=1S/C47H54ClN3O11/c1-26-14-13-19-38(58-8)47(56)24-37(60-44(54)49-47)27(2)42-46(4,62-42)39(23-40(52)51(6)35-21-29(20-26)22-36(57-7)41(35)48)61-43(53)28(3)50(5)45(55)59-25-34-32-17-11-9-15-30(32)31-16-10-12-18-33(31)34/h9-19,21-22,27-28,34,37-39,42,56H,20,23-25H2,1-8H3,(H,49,54)/t27-,28-,37+,38-,39+,42?,46+,47+/m1/s1. The van der Waals surface area contributed by atoms with Gasteiger partial charge in [-0.2, -0.15) is 0 Å². The number of benzene rings is 3. The summed E-state index contributed by atoms with van der Waals surface area (Å²) in [6, 6.07) is 18.4. The molecule has 0 aromatic heterocycles. The Bertz CT molecular complexity index is 2250. The van der Waals surface area contributed by atoms with Crippen LogP contribution in [0, 0.1) is 5.92 Å². The Kier molecular flexibility index (Phi) is 12.8. The molecule has 15 heteroatoms. The van der Waals surface area contributed by atoms with Crippen LogP contribution in [0.1, 0.15) is 63.1 Å². The molecule has 62 heavy (non-hydrogen) atoms. The maximum absolute atomic E-state index is 14.3. The van der Waals surface area contributed by atoms with Gasteiger partial charge in [-0.3, -0.25) is 15.0 Å². The number of amides is 3. The molecule has 0 saturated carbocycles. The summed E-state index contributed by atoms with van der Waals surface area (Å²) in [5, 5.41) is 14.6. The first kappa shape index (κ1) is 44.6. The lowest BCUT2D eigenvalue weighted by molar-refractivity contribution is -0.158. The molecule has 0 radical (unpaired) electrons. The van der Waals surface area contributed by atoms with Crippen LogP contribution in [0.3, 0.4) is 0 Å². The van der Waals surface area contributed by atoms with Gasteiger partial charge in [0, 0.05) is 39.5 Å². The maximum Gasteiger partial charge on any atom is 0.410 e. The highest BCUT2D eigenvalue weighted by Gasteiger charge is 2.64. The predicted octanol–water partition coefficient (Wildman–Crippen LogP) is 6.94. The van der Waals surface area contributed by atoms with Crippen molar-refractivity contribution in [2.75, 3.05) is 39.8 Å². The normalized spacial score (nSPS) is 27.7. The molecule has 2 fully saturated rings. The highest BCUT2D eigenvalue weighted by Crippen LogP contribution is 2.49. The van der Waals surface area contributed by atoms with Crippen LogP contribution in [0.15, 0.2) is 84.5 Å². The lowest BCUT2D eigenvalue weighted by Gasteiger charge is -2.42. The van der Waals surface area contributed by atoms with E-state index in [1.54, 1.807) is 45.2 Å². The van der Waals surface area contributed by atoms with Gasteiger partial charge in [0.15, 0.2) is 5.72 Å². The van der Waals surface area contributed by atoms with E-state index in [-0.39, 0.29) is 30.4 Å². The third-order valence-corrected chi connectivity index (χ3v) is 13.1. The summed E-state index contributed by atoms with van der Waals surface area (Å²) in [7, 11) is 5.94. The van der Waals surface area contributed by atoms with Gasteiger partial charge < -0.3 is 38.4 Å². The van der Waals surface area contributed by atoms with E-state index < -0.39 is 71.8 Å². The highest BCUT2D eigenvalue weighted by atomic mass is 35.5. The van der Waals surface area contributed by atoms with E-state index in [9.17, 15) is 24.3 Å². The van der Waals surface area contributed by atoms with Crippen LogP contribution in [-0.4, -0.2) is 111 Å². The van der Waals surface area contributed by atoms with Crippen molar-refractivity contribution in [3.05, 3.63) is 106 Å². The van der Waals surface area contributed by atoms with Gasteiger partial charge in [0.25, 0.3) is 0 Å². The summed E-state index contributed by atoms with van der Waals surface area (Å²) in [4.78, 5) is 57.5. The minimum absolute atomic E-state index is 0.0517. The Labute approximate surface area is 366 Å². The predicted molar refractivity (Wildman–Crippen MR) is 231 cm³/mol. The molecule has 3 aliphatic heterocycles. The number of alkyl carbamates (subject to hydrolysis) is 1. The molecule has 7 rings (SSSR count). The van der Waals surface area contributed by atoms with Crippen LogP contribution >= 0.6 is 11.6 Å². The number of aliphatic hydroxyl groups is 1. The van der Waals surface area contributed by atoms with Crippen LogP contribution in [-0.2, 0) is 39.7 Å². The number of nitrogens with zero attached hydrogens (tertiary/aromatic N) is 2. The van der Waals surface area contributed by atoms with Gasteiger partial charge in [-0.25, -0.2) is 14.4 Å². The van der Waals surface area contributed by atoms with Crippen molar-refractivity contribution in [1.29, 1.82) is 0 Å². The van der Waals surface area contributed by atoms with Crippen molar-refractivity contribution in [3.8, 4) is 16.9 Å². The van der Waals surface area contributed by atoms with Crippen LogP contribution in [0.4, 0.5) is 15.3 Å². The number of rotatable bonds is 7. The number of anilines is 1. The first-order valence-corrected chi connectivity index (χ1v) is 21.0. The maximum atomic E-state index is 14.3. The summed E-state index contributed by atoms with van der Waals surface area (Å²) < 4.78 is 35.3. The summed E-state index contributed by atoms with van der Waals surface area (Å²) in [6.07, 6.45) is -0.0284. The highest BCUT2D eigenvalue weighted by molar-refractivity contribution is 6.35. The average Bonchev–Trinajstić information content (AvgIpc) is 3.85. The van der Waals surface area contributed by atoms with Crippen molar-refractivity contribution in [2.24, 2.45) is 5.92 Å². The molecule has 3 aromatic rings. The molecule has 3 heterocycles. The van der Waals surface area contributed by atoms with Gasteiger partial charge in [0.1, 0.15) is 47.3 Å². The third kappa shape index (κ3) is 8.65. The summed E-state index contributed by atoms with van der Waals surface area (Å²) in [5.74, 6) is -1.65. The lowest BCUT2D eigenvalue weighted by atomic mass is 9.83. The number of esters is 1. The molecule has 330 valence electrons. The number of methoxy groups -OCH3 is 2. The van der Waals surface area contributed by atoms with Gasteiger partial charge in [0.2, 0.25) is 5.91 Å². The van der Waals surface area contributed by atoms with Crippen LogP contribution in [0.5, 0.6) is 5.75 Å². The fourth-order valence-electron chi connectivity index (χ4n) is 8.86. The monoisotopic (exact) mass is 871 g/mol. The van der Waals surface area contributed by atoms with E-state index >= 15 is 0 Å². The topological polar surface area (TPSA) is 166 Å². The molecule has 1 unspecified atom stereocenters. The Hall–Kier alpha value is -5.41. The number of carbonyl (C=O) groups excluding carboxylic acids is 4. The molecule has 3 aromatic carbocycles. The van der Waals surface area contributed by atoms with E-state index in [1.807, 2.05) is 61.5 Å². The molecule has 8 atom stereocenters. The molecule has 0 spiro atoms. The Balaban J connectivity index is 1.15. The fraction of sp³-hybridized carbons (Fsp3) is 0.447. The molecule has 4 aliphatic rings. The van der Waals surface area contributed by atoms with E-state index in [1.165, 1.54) is 33.1 Å². The van der Waals surface area contributed by atoms with Crippen molar-refractivity contribution in [3.63, 3.8) is 0 Å². The number of allylic oxidation sites excluding steroid dienone is 3. The molecule has 2 N–H and O–H groups in total. The number of ether oxygens (including phenoxy) is 6. The molecular formula is C47H54ClN3O11. The van der Waals surface area contributed by atoms with E-state index in [4.69, 9.17) is 40.0 Å². The molecule has 3 amide bonds. The van der Waals surface area contributed by atoms with Gasteiger partial charge in [-0.05, 0) is 67.1 Å². The number of halogens is 1. The lowest BCUT2D eigenvalue weighted by Crippen LogP contribution is -2.63. The molecular weight excluding hydrogens is 818 g/mol. The molecule has 14 nitrogen and oxygen atoms in total. The number of epoxide rings is 1. The van der Waals surface area contributed by atoms with E-state index in [0.717, 1.165) is 38.3 Å². The van der Waals surface area contributed by atoms with Gasteiger partial charge in [-0.15, -0.1) is 0 Å². The minimum atomic E-state index is -1.85. The first-order valence-electron chi connectivity index (χ1n) is 20.7. The number of hydrogen-bond acceptors (Lipinski definition) is 11. The Morgan fingerprint density at radius 2 is 1.74 bits per heavy atom. The van der Waals surface area contributed by atoms with Gasteiger partial charge >= 0.3 is 18.2 Å². The van der Waals surface area contributed by atoms with Gasteiger partial charge in [0.05, 0.1) is 25.3 Å². The smallest absolute Gasteiger partial charge is 0.410 e. The zero-order chi connectivity index (χ0) is 44.7. The van der Waals surface area contributed by atoms with Crippen molar-refractivity contribution in [2.45, 2.75) is 94.7 Å². The SMILES string of the molecule is COc1cc2cc(c1Cl)N(C)C(=O)C[C@H](OC(=O)[C@@H](C)N(C)C(=O)OCC1c3ccccc3-c3ccccc31)[C@]1(C)OC1[C@H](C)[C@@H]1C[C@@](O)(NC(=O)O1)[C@H](OC)C=CC=C(C)C2. The second kappa shape index (κ2) is 17.8. The Morgan fingerprint density at radius 1 is 1.08 bits per heavy atom. The zero-order valence-electron chi connectivity index (χ0n) is 36.2. The second-order valence-corrected chi connectivity index (χ2v) is 17.2. The largest absolute Gasteiger partial charge is 0.495 e. The summed E-state index contributed by atoms with van der Waals surface area (Å²) >= 11 is 6.81. The van der Waals surface area contributed by atoms with E-state index in [2.05, 4.69) is 5.32 Å². The number of likely N-dealkylation sites (N-methyl/N-ethyl adjacent to an activating group) is 1. The molecule has 4 bridgehead atoms. The van der Waals surface area contributed by atoms with Crippen molar-refractivity contribution in [1.82, 2.24) is 10.2 Å². The van der Waals surface area contributed by atoms with Crippen LogP contribution in [0.2, 0.25) is 5.02 Å². The number of carbonyl (C=O) groups is 4. The van der Waals surface area contributed by atoms with Crippen LogP contribution in [0.25, 0.3) is 11.1 Å². The summed E-state index contributed by atoms with van der Waals surface area (Å²) in [6.45, 7) is 6.99. The number of nitrogens with one attached hydrogen (secondary N) is 1. The average molecular weight is 872 g/mol. The van der Waals surface area contributed by atoms with Gasteiger partial charge in [-0.1, -0.05) is 90.9 Å². The first-order chi connectivity index (χ1) is 29.5. The van der Waals surface area contributed by atoms with E-state index in [0.29, 0.717) is 17.9 Å². The molecule has 1 aliphatic carbocycles. The number of hydrogen-bond donors (Lipinski definition) is 2. The van der Waals surface area contributed by atoms with Crippen molar-refractivity contribution < 1.29 is 52.7 Å². The number of fused-ring (bicyclic) bond motifs is 8. The zero-order valence-corrected chi connectivity index (χ0v) is 36.9. The second-order valence-electron chi connectivity index (χ2n) is 16.8. The quantitative estimate of drug-likeness (QED) is 0.144. The third-order valence-electron chi connectivity index (χ3n) is 12.8. The van der Waals surface area contributed by atoms with Crippen molar-refractivity contribution >= 4 is 41.4 Å². The van der Waals surface area contributed by atoms with Crippen LogP contribution < -0.4 is 15.0 Å². The molecule has 2 saturated heterocycles. The summed E-state index contributed by atoms with van der Waals surface area (Å²) in [5.41, 5.74) is 3.23. The Morgan fingerprint density at radius 3 is 2.39 bits per heavy atom. The minimum Gasteiger partial charge on any atom is -0.495 e.